The first-order valence-corrected chi connectivity index (χ1v) is 4.95. The van der Waals surface area contributed by atoms with Gasteiger partial charge in [0.2, 0.25) is 0 Å². The molecule has 0 unspecified atom stereocenters. The van der Waals surface area contributed by atoms with E-state index in [1.807, 2.05) is 0 Å². The van der Waals surface area contributed by atoms with Crippen LogP contribution in [0.5, 0.6) is 0 Å². The zero-order chi connectivity index (χ0) is 13.3. The quantitative estimate of drug-likeness (QED) is 0.809. The minimum Gasteiger partial charge on any atom is -0.307 e. The summed E-state index contributed by atoms with van der Waals surface area (Å²) in [5, 5.41) is 8.54. The molecule has 2 rings (SSSR count). The van der Waals surface area contributed by atoms with Gasteiger partial charge in [-0.1, -0.05) is 0 Å². The number of hydrogen-bond acceptors (Lipinski definition) is 2. The molecule has 0 radical (unpaired) electrons. The van der Waals surface area contributed by atoms with Crippen molar-refractivity contribution in [2.75, 3.05) is 5.32 Å². The molecule has 7 heteroatoms. The number of halogens is 3. The van der Waals surface area contributed by atoms with Crippen molar-refractivity contribution in [2.24, 2.45) is 0 Å². The fourth-order valence-corrected chi connectivity index (χ4v) is 1.35. The molecule has 18 heavy (non-hydrogen) atoms. The molecule has 2 aromatic rings. The predicted molar refractivity (Wildman–Crippen MR) is 57.6 cm³/mol. The second kappa shape index (κ2) is 4.52. The lowest BCUT2D eigenvalue weighted by atomic mass is 10.2. The highest BCUT2D eigenvalue weighted by atomic mass is 19.2. The van der Waals surface area contributed by atoms with Crippen LogP contribution in [0.4, 0.5) is 19.0 Å². The summed E-state index contributed by atoms with van der Waals surface area (Å²) in [7, 11) is 0. The van der Waals surface area contributed by atoms with Crippen molar-refractivity contribution in [1.82, 2.24) is 10.2 Å². The van der Waals surface area contributed by atoms with Gasteiger partial charge in [-0.15, -0.1) is 0 Å². The number of carbonyl (C=O) groups excluding carboxylic acids is 1. The normalized spacial score (nSPS) is 10.4. The van der Waals surface area contributed by atoms with Crippen LogP contribution in [-0.2, 0) is 0 Å². The molecular formula is C11H8F3N3O. The molecule has 1 amide bonds. The molecule has 0 aliphatic rings. The standard InChI is InChI=1S/C11H8F3N3O/c1-5-4-15-17-10(5)16-11(18)6-2-7(12)9(14)8(13)3-6/h2-4H,1H3,(H2,15,16,17,18). The van der Waals surface area contributed by atoms with Crippen molar-refractivity contribution < 1.29 is 18.0 Å². The van der Waals surface area contributed by atoms with Crippen LogP contribution in [0.3, 0.4) is 0 Å². The summed E-state index contributed by atoms with van der Waals surface area (Å²) in [6.45, 7) is 1.69. The van der Waals surface area contributed by atoms with E-state index in [1.165, 1.54) is 6.20 Å². The van der Waals surface area contributed by atoms with Crippen LogP contribution in [0.1, 0.15) is 15.9 Å². The van der Waals surface area contributed by atoms with E-state index in [0.29, 0.717) is 23.5 Å². The predicted octanol–water partition coefficient (Wildman–Crippen LogP) is 2.39. The number of hydrogen-bond donors (Lipinski definition) is 2. The number of amides is 1. The van der Waals surface area contributed by atoms with Gasteiger partial charge in [0.15, 0.2) is 17.5 Å². The third kappa shape index (κ3) is 2.20. The Balaban J connectivity index is 2.27. The highest BCUT2D eigenvalue weighted by Crippen LogP contribution is 2.16. The number of nitrogens with one attached hydrogen (secondary N) is 2. The van der Waals surface area contributed by atoms with Gasteiger partial charge in [-0.3, -0.25) is 9.89 Å². The number of aromatic nitrogens is 2. The number of aryl methyl sites for hydroxylation is 1. The highest BCUT2D eigenvalue weighted by molar-refractivity contribution is 6.04. The third-order valence-corrected chi connectivity index (χ3v) is 2.31. The van der Waals surface area contributed by atoms with Gasteiger partial charge in [0, 0.05) is 11.1 Å². The van der Waals surface area contributed by atoms with Crippen LogP contribution in [0.15, 0.2) is 18.3 Å². The number of carbonyl (C=O) groups is 1. The summed E-state index contributed by atoms with van der Waals surface area (Å²) < 4.78 is 38.6. The van der Waals surface area contributed by atoms with Crippen LogP contribution in [0.2, 0.25) is 0 Å². The molecular weight excluding hydrogens is 247 g/mol. The molecule has 2 N–H and O–H groups in total. The van der Waals surface area contributed by atoms with Gasteiger partial charge in [0.1, 0.15) is 5.82 Å². The molecule has 1 heterocycles. The Bertz CT molecular complexity index is 586. The second-order valence-electron chi connectivity index (χ2n) is 3.64. The lowest BCUT2D eigenvalue weighted by Gasteiger charge is -2.05. The Kier molecular flexibility index (Phi) is 3.05. The van der Waals surface area contributed by atoms with Crippen LogP contribution in [0.25, 0.3) is 0 Å². The van der Waals surface area contributed by atoms with Crippen molar-refractivity contribution in [3.8, 4) is 0 Å². The Morgan fingerprint density at radius 3 is 2.39 bits per heavy atom. The SMILES string of the molecule is Cc1cn[nH]c1NC(=O)c1cc(F)c(F)c(F)c1. The summed E-state index contributed by atoms with van der Waals surface area (Å²) in [5.74, 6) is -4.89. The van der Waals surface area contributed by atoms with Gasteiger partial charge in [0.05, 0.1) is 6.20 Å². The van der Waals surface area contributed by atoms with E-state index in [0.717, 1.165) is 0 Å². The zero-order valence-corrected chi connectivity index (χ0v) is 9.22. The van der Waals surface area contributed by atoms with Gasteiger partial charge in [-0.05, 0) is 19.1 Å². The Hall–Kier alpha value is -2.31. The summed E-state index contributed by atoms with van der Waals surface area (Å²) in [6, 6.07) is 1.25. The molecule has 0 aliphatic heterocycles. The van der Waals surface area contributed by atoms with Gasteiger partial charge in [-0.25, -0.2) is 13.2 Å². The minimum atomic E-state index is -1.61. The molecule has 0 fully saturated rings. The number of nitrogens with zero attached hydrogens (tertiary/aromatic N) is 1. The first-order valence-electron chi connectivity index (χ1n) is 4.95. The summed E-state index contributed by atoms with van der Waals surface area (Å²) >= 11 is 0. The first kappa shape index (κ1) is 12.2. The largest absolute Gasteiger partial charge is 0.307 e. The molecule has 0 atom stereocenters. The van der Waals surface area contributed by atoms with E-state index in [1.54, 1.807) is 6.92 Å². The van der Waals surface area contributed by atoms with Crippen molar-refractivity contribution >= 4 is 11.7 Å². The van der Waals surface area contributed by atoms with Gasteiger partial charge < -0.3 is 5.32 Å². The topological polar surface area (TPSA) is 57.8 Å². The molecule has 0 spiro atoms. The fraction of sp³-hybridized carbons (Fsp3) is 0.0909. The second-order valence-corrected chi connectivity index (χ2v) is 3.64. The first-order chi connectivity index (χ1) is 8.49. The lowest BCUT2D eigenvalue weighted by molar-refractivity contribution is 0.102. The summed E-state index contributed by atoms with van der Waals surface area (Å²) in [4.78, 5) is 11.7. The lowest BCUT2D eigenvalue weighted by Crippen LogP contribution is -2.14. The van der Waals surface area contributed by atoms with E-state index < -0.39 is 23.4 Å². The minimum absolute atomic E-state index is 0.310. The average molecular weight is 255 g/mol. The zero-order valence-electron chi connectivity index (χ0n) is 9.22. The molecule has 0 aliphatic carbocycles. The van der Waals surface area contributed by atoms with Gasteiger partial charge >= 0.3 is 0 Å². The van der Waals surface area contributed by atoms with E-state index in [-0.39, 0.29) is 5.56 Å². The maximum Gasteiger partial charge on any atom is 0.257 e. The average Bonchev–Trinajstić information content (AvgIpc) is 2.71. The monoisotopic (exact) mass is 255 g/mol. The molecule has 0 bridgehead atoms. The highest BCUT2D eigenvalue weighted by Gasteiger charge is 2.16. The third-order valence-electron chi connectivity index (χ3n) is 2.31. The number of rotatable bonds is 2. The number of benzene rings is 1. The fourth-order valence-electron chi connectivity index (χ4n) is 1.35. The number of anilines is 1. The van der Waals surface area contributed by atoms with Crippen LogP contribution >= 0.6 is 0 Å². The summed E-state index contributed by atoms with van der Waals surface area (Å²) in [5.41, 5.74) is 0.340. The number of H-pyrrole nitrogens is 1. The van der Waals surface area contributed by atoms with Gasteiger partial charge in [0.25, 0.3) is 5.91 Å². The van der Waals surface area contributed by atoms with Crippen molar-refractivity contribution in [3.63, 3.8) is 0 Å². The van der Waals surface area contributed by atoms with Crippen molar-refractivity contribution in [2.45, 2.75) is 6.92 Å². The molecule has 94 valence electrons. The maximum atomic E-state index is 12.9. The molecule has 1 aromatic carbocycles. The van der Waals surface area contributed by atoms with Crippen molar-refractivity contribution in [1.29, 1.82) is 0 Å². The Labute approximate surface area is 99.8 Å². The maximum absolute atomic E-state index is 12.9. The summed E-state index contributed by atoms with van der Waals surface area (Å²) in [6.07, 6.45) is 1.47. The molecule has 0 saturated heterocycles. The molecule has 4 nitrogen and oxygen atoms in total. The van der Waals surface area contributed by atoms with Crippen molar-refractivity contribution in [3.05, 3.63) is 46.9 Å². The Morgan fingerprint density at radius 2 is 1.89 bits per heavy atom. The van der Waals surface area contributed by atoms with Gasteiger partial charge in [-0.2, -0.15) is 5.10 Å². The molecule has 1 aromatic heterocycles. The van der Waals surface area contributed by atoms with E-state index in [4.69, 9.17) is 0 Å². The van der Waals surface area contributed by atoms with Crippen LogP contribution in [0, 0.1) is 24.4 Å². The number of aromatic amines is 1. The molecule has 0 saturated carbocycles. The van der Waals surface area contributed by atoms with Crippen LogP contribution < -0.4 is 5.32 Å². The Morgan fingerprint density at radius 1 is 1.28 bits per heavy atom. The van der Waals surface area contributed by atoms with E-state index in [2.05, 4.69) is 15.5 Å². The van der Waals surface area contributed by atoms with E-state index in [9.17, 15) is 18.0 Å². The van der Waals surface area contributed by atoms with E-state index >= 15 is 0 Å². The smallest absolute Gasteiger partial charge is 0.257 e. The van der Waals surface area contributed by atoms with Crippen LogP contribution in [-0.4, -0.2) is 16.1 Å².